The number of hydrogen-bond donors (Lipinski definition) is 2. The molecular formula is C24H22FN3O2S2. The molecular weight excluding hydrogens is 445 g/mol. The number of aromatic amines is 1. The number of para-hydroxylation sites is 1. The van der Waals surface area contributed by atoms with E-state index in [0.717, 1.165) is 17.5 Å². The number of rotatable bonds is 8. The van der Waals surface area contributed by atoms with Crippen molar-refractivity contribution in [2.24, 2.45) is 0 Å². The number of thioether (sulfide) groups is 1. The first kappa shape index (κ1) is 22.2. The molecule has 32 heavy (non-hydrogen) atoms. The van der Waals surface area contributed by atoms with Crippen LogP contribution >= 0.6 is 24.0 Å². The van der Waals surface area contributed by atoms with Gasteiger partial charge in [-0.1, -0.05) is 54.3 Å². The van der Waals surface area contributed by atoms with Crippen molar-refractivity contribution in [1.82, 2.24) is 15.2 Å². The number of thiocarbonyl (C=S) groups is 1. The Balaban J connectivity index is 1.22. The molecule has 2 N–H and O–H groups in total. The number of halogens is 1. The lowest BCUT2D eigenvalue weighted by molar-refractivity contribution is -0.123. The van der Waals surface area contributed by atoms with Gasteiger partial charge < -0.3 is 10.3 Å². The van der Waals surface area contributed by atoms with Crippen LogP contribution in [0.5, 0.6) is 0 Å². The molecule has 0 saturated carbocycles. The number of nitrogens with zero attached hydrogens (tertiary/aromatic N) is 1. The molecule has 164 valence electrons. The molecule has 0 aliphatic carbocycles. The molecule has 1 saturated heterocycles. The fraction of sp³-hybridized carbons (Fsp3) is 0.208. The molecule has 0 radical (unpaired) electrons. The van der Waals surface area contributed by atoms with Crippen molar-refractivity contribution < 1.29 is 14.0 Å². The highest BCUT2D eigenvalue weighted by Gasteiger charge is 2.31. The molecule has 1 aliphatic rings. The topological polar surface area (TPSA) is 65.2 Å². The maximum Gasteiger partial charge on any atom is 0.266 e. The Hall–Kier alpha value is -2.97. The van der Waals surface area contributed by atoms with Crippen LogP contribution in [0.25, 0.3) is 17.0 Å². The van der Waals surface area contributed by atoms with Gasteiger partial charge in [-0.05, 0) is 48.2 Å². The zero-order valence-electron chi connectivity index (χ0n) is 17.3. The van der Waals surface area contributed by atoms with E-state index in [1.54, 1.807) is 18.2 Å². The Bertz CT molecular complexity index is 1190. The number of benzene rings is 2. The average molecular weight is 468 g/mol. The number of carbonyl (C=O) groups excluding carboxylic acids is 2. The first-order valence-electron chi connectivity index (χ1n) is 10.3. The Morgan fingerprint density at radius 1 is 1.19 bits per heavy atom. The molecule has 2 heterocycles. The third kappa shape index (κ3) is 5.26. The van der Waals surface area contributed by atoms with Crippen molar-refractivity contribution in [2.75, 3.05) is 13.1 Å². The number of aromatic nitrogens is 1. The summed E-state index contributed by atoms with van der Waals surface area (Å²) in [5.41, 5.74) is 3.00. The smallest absolute Gasteiger partial charge is 0.266 e. The summed E-state index contributed by atoms with van der Waals surface area (Å²) in [5, 5.41) is 4.11. The number of fused-ring (bicyclic) bond motifs is 1. The SMILES string of the molecule is O=C(CCCN1C(=O)C(=Cc2ccc(F)cc2)SC1=S)NCCc1c[nH]c2ccccc12. The number of nitrogens with one attached hydrogen (secondary N) is 2. The van der Waals surface area contributed by atoms with E-state index in [9.17, 15) is 14.0 Å². The third-order valence-electron chi connectivity index (χ3n) is 5.22. The van der Waals surface area contributed by atoms with Crippen molar-refractivity contribution in [3.63, 3.8) is 0 Å². The summed E-state index contributed by atoms with van der Waals surface area (Å²) in [4.78, 5) is 30.1. The van der Waals surface area contributed by atoms with E-state index in [2.05, 4.69) is 16.4 Å². The highest BCUT2D eigenvalue weighted by molar-refractivity contribution is 8.26. The second-order valence-electron chi connectivity index (χ2n) is 7.45. The highest BCUT2D eigenvalue weighted by Crippen LogP contribution is 2.32. The zero-order chi connectivity index (χ0) is 22.5. The van der Waals surface area contributed by atoms with Crippen molar-refractivity contribution >= 4 is 57.1 Å². The number of amides is 2. The minimum Gasteiger partial charge on any atom is -0.361 e. The number of hydrogen-bond acceptors (Lipinski definition) is 4. The molecule has 8 heteroatoms. The predicted octanol–water partition coefficient (Wildman–Crippen LogP) is 4.65. The van der Waals surface area contributed by atoms with Gasteiger partial charge >= 0.3 is 0 Å². The Morgan fingerprint density at radius 3 is 2.78 bits per heavy atom. The minimum absolute atomic E-state index is 0.0443. The lowest BCUT2D eigenvalue weighted by atomic mass is 10.1. The first-order valence-corrected chi connectivity index (χ1v) is 11.6. The minimum atomic E-state index is -0.325. The first-order chi connectivity index (χ1) is 15.5. The van der Waals surface area contributed by atoms with Gasteiger partial charge in [-0.3, -0.25) is 14.5 Å². The van der Waals surface area contributed by atoms with E-state index in [0.29, 0.717) is 35.2 Å². The van der Waals surface area contributed by atoms with Crippen LogP contribution in [0.1, 0.15) is 24.0 Å². The summed E-state index contributed by atoms with van der Waals surface area (Å²) >= 11 is 6.55. The van der Waals surface area contributed by atoms with Gasteiger partial charge in [0.2, 0.25) is 5.91 Å². The Labute approximate surface area is 195 Å². The van der Waals surface area contributed by atoms with E-state index in [1.165, 1.54) is 39.7 Å². The van der Waals surface area contributed by atoms with Crippen LogP contribution < -0.4 is 5.32 Å². The van der Waals surface area contributed by atoms with E-state index >= 15 is 0 Å². The molecule has 2 aromatic carbocycles. The molecule has 1 fully saturated rings. The van der Waals surface area contributed by atoms with E-state index < -0.39 is 0 Å². The van der Waals surface area contributed by atoms with Gasteiger partial charge in [-0.2, -0.15) is 0 Å². The third-order valence-corrected chi connectivity index (χ3v) is 6.60. The van der Waals surface area contributed by atoms with Crippen LogP contribution in [0.2, 0.25) is 0 Å². The van der Waals surface area contributed by atoms with Gasteiger partial charge in [-0.15, -0.1) is 0 Å². The molecule has 0 unspecified atom stereocenters. The second-order valence-corrected chi connectivity index (χ2v) is 9.12. The van der Waals surface area contributed by atoms with Crippen molar-refractivity contribution in [2.45, 2.75) is 19.3 Å². The largest absolute Gasteiger partial charge is 0.361 e. The van der Waals surface area contributed by atoms with Gasteiger partial charge in [0.15, 0.2) is 0 Å². The highest BCUT2D eigenvalue weighted by atomic mass is 32.2. The molecule has 3 aromatic rings. The monoisotopic (exact) mass is 467 g/mol. The van der Waals surface area contributed by atoms with Crippen LogP contribution in [0.3, 0.4) is 0 Å². The van der Waals surface area contributed by atoms with E-state index in [1.807, 2.05) is 24.4 Å². The maximum absolute atomic E-state index is 13.1. The lowest BCUT2D eigenvalue weighted by Crippen LogP contribution is -2.31. The van der Waals surface area contributed by atoms with Gasteiger partial charge in [0.1, 0.15) is 10.1 Å². The average Bonchev–Trinajstić information content (AvgIpc) is 3.31. The fourth-order valence-electron chi connectivity index (χ4n) is 3.56. The summed E-state index contributed by atoms with van der Waals surface area (Å²) in [6.07, 6.45) is 5.28. The quantitative estimate of drug-likeness (QED) is 0.374. The number of carbonyl (C=O) groups is 2. The fourth-order valence-corrected chi connectivity index (χ4v) is 4.87. The lowest BCUT2D eigenvalue weighted by Gasteiger charge is -2.14. The Morgan fingerprint density at radius 2 is 1.97 bits per heavy atom. The molecule has 4 rings (SSSR count). The van der Waals surface area contributed by atoms with Crippen LogP contribution in [0.15, 0.2) is 59.6 Å². The van der Waals surface area contributed by atoms with Crippen LogP contribution in [0, 0.1) is 5.82 Å². The van der Waals surface area contributed by atoms with Gasteiger partial charge in [0.05, 0.1) is 4.91 Å². The van der Waals surface area contributed by atoms with Crippen molar-refractivity contribution in [3.8, 4) is 0 Å². The van der Waals surface area contributed by atoms with E-state index in [4.69, 9.17) is 12.2 Å². The summed E-state index contributed by atoms with van der Waals surface area (Å²) in [7, 11) is 0. The summed E-state index contributed by atoms with van der Waals surface area (Å²) in [6.45, 7) is 0.948. The summed E-state index contributed by atoms with van der Waals surface area (Å²) < 4.78 is 13.5. The van der Waals surface area contributed by atoms with Gasteiger partial charge in [0.25, 0.3) is 5.91 Å². The van der Waals surface area contributed by atoms with Crippen molar-refractivity contribution in [3.05, 3.63) is 76.6 Å². The molecule has 1 aliphatic heterocycles. The number of H-pyrrole nitrogens is 1. The van der Waals surface area contributed by atoms with Crippen molar-refractivity contribution in [1.29, 1.82) is 0 Å². The zero-order valence-corrected chi connectivity index (χ0v) is 18.9. The molecule has 5 nitrogen and oxygen atoms in total. The molecule has 1 aromatic heterocycles. The summed E-state index contributed by atoms with van der Waals surface area (Å²) in [5.74, 6) is -0.546. The molecule has 2 amide bonds. The van der Waals surface area contributed by atoms with Crippen LogP contribution in [-0.2, 0) is 16.0 Å². The van der Waals surface area contributed by atoms with Crippen LogP contribution in [-0.4, -0.2) is 39.1 Å². The predicted molar refractivity (Wildman–Crippen MR) is 131 cm³/mol. The van der Waals surface area contributed by atoms with Gasteiger partial charge in [0, 0.05) is 36.6 Å². The molecule has 0 atom stereocenters. The molecule has 0 spiro atoms. The Kier molecular flexibility index (Phi) is 7.02. The molecule has 0 bridgehead atoms. The normalized spacial score (nSPS) is 15.2. The van der Waals surface area contributed by atoms with Crippen LogP contribution in [0.4, 0.5) is 4.39 Å². The standard InChI is InChI=1S/C24H22FN3O2S2/c25-18-9-7-16(8-10-18)14-21-23(30)28(24(31)32-21)13-3-6-22(29)26-12-11-17-15-27-20-5-2-1-4-19(17)20/h1-2,4-5,7-10,14-15,27H,3,6,11-13H2,(H,26,29). The maximum atomic E-state index is 13.1. The summed E-state index contributed by atoms with van der Waals surface area (Å²) in [6, 6.07) is 14.0. The van der Waals surface area contributed by atoms with E-state index in [-0.39, 0.29) is 17.6 Å². The second kappa shape index (κ2) is 10.1. The van der Waals surface area contributed by atoms with Gasteiger partial charge in [-0.25, -0.2) is 4.39 Å².